The molecule has 0 radical (unpaired) electrons. The standard InChI is InChI=1S/C30H37N5/c1-5-29(25-11-10-23-8-6-7-9-24(23)16-25)30-17-26(18-31-22(30)3)21(2)33-27-19-32-35(20-27)28-12-14-34(4)15-13-28/h5,10-11,16-20,28,33H,2,6-9,12-15H2,1,3-4H3/b29-5-. The average Bonchev–Trinajstić information content (AvgIpc) is 3.34. The zero-order valence-corrected chi connectivity index (χ0v) is 21.3. The van der Waals surface area contributed by atoms with Crippen molar-refractivity contribution in [3.8, 4) is 0 Å². The molecule has 182 valence electrons. The van der Waals surface area contributed by atoms with Gasteiger partial charge in [0, 0.05) is 34.9 Å². The van der Waals surface area contributed by atoms with Crippen LogP contribution in [-0.2, 0) is 12.8 Å². The quantitative estimate of drug-likeness (QED) is 0.464. The summed E-state index contributed by atoms with van der Waals surface area (Å²) in [6, 6.07) is 9.67. The van der Waals surface area contributed by atoms with Crippen LogP contribution in [0.15, 0.2) is 55.5 Å². The number of piperidine rings is 1. The van der Waals surface area contributed by atoms with Crippen LogP contribution in [0.4, 0.5) is 5.69 Å². The predicted octanol–water partition coefficient (Wildman–Crippen LogP) is 6.27. The molecule has 1 saturated heterocycles. The summed E-state index contributed by atoms with van der Waals surface area (Å²) in [5.41, 5.74) is 10.5. The first-order valence-corrected chi connectivity index (χ1v) is 13.0. The second-order valence-electron chi connectivity index (χ2n) is 10.1. The van der Waals surface area contributed by atoms with Gasteiger partial charge in [-0.3, -0.25) is 9.67 Å². The summed E-state index contributed by atoms with van der Waals surface area (Å²) in [6.45, 7) is 10.8. The van der Waals surface area contributed by atoms with Gasteiger partial charge in [-0.1, -0.05) is 30.9 Å². The number of benzene rings is 1. The molecule has 1 aromatic carbocycles. The molecule has 0 atom stereocenters. The molecule has 1 aliphatic heterocycles. The van der Waals surface area contributed by atoms with E-state index in [2.05, 4.69) is 84.0 Å². The number of nitrogens with one attached hydrogen (secondary N) is 1. The monoisotopic (exact) mass is 467 g/mol. The van der Waals surface area contributed by atoms with Gasteiger partial charge in [-0.25, -0.2) is 0 Å². The normalized spacial score (nSPS) is 17.3. The summed E-state index contributed by atoms with van der Waals surface area (Å²) < 4.78 is 2.11. The third-order valence-corrected chi connectivity index (χ3v) is 7.63. The van der Waals surface area contributed by atoms with Crippen molar-refractivity contribution in [3.05, 3.63) is 89.0 Å². The third kappa shape index (κ3) is 5.10. The number of hydrogen-bond donors (Lipinski definition) is 1. The first kappa shape index (κ1) is 23.6. The maximum atomic E-state index is 4.74. The van der Waals surface area contributed by atoms with Crippen LogP contribution in [0.5, 0.6) is 0 Å². The molecule has 0 amide bonds. The van der Waals surface area contributed by atoms with Crippen molar-refractivity contribution < 1.29 is 0 Å². The molecule has 1 aliphatic carbocycles. The molecule has 3 heterocycles. The Hall–Kier alpha value is -3.18. The van der Waals surface area contributed by atoms with Crippen LogP contribution < -0.4 is 5.32 Å². The molecular weight excluding hydrogens is 430 g/mol. The van der Waals surface area contributed by atoms with E-state index in [0.717, 1.165) is 54.1 Å². The number of allylic oxidation sites excluding steroid dienone is 1. The lowest BCUT2D eigenvalue weighted by atomic mass is 9.87. The number of anilines is 1. The molecule has 3 aromatic rings. The highest BCUT2D eigenvalue weighted by Gasteiger charge is 2.19. The number of aromatic nitrogens is 3. The summed E-state index contributed by atoms with van der Waals surface area (Å²) in [7, 11) is 2.19. The van der Waals surface area contributed by atoms with Gasteiger partial charge >= 0.3 is 0 Å². The molecule has 0 spiro atoms. The van der Waals surface area contributed by atoms with Gasteiger partial charge in [0.05, 0.1) is 17.9 Å². The van der Waals surface area contributed by atoms with Crippen LogP contribution in [0, 0.1) is 6.92 Å². The Kier molecular flexibility index (Phi) is 6.87. The molecule has 2 aliphatic rings. The van der Waals surface area contributed by atoms with Gasteiger partial charge in [-0.2, -0.15) is 5.10 Å². The number of nitrogens with zero attached hydrogens (tertiary/aromatic N) is 4. The molecule has 0 unspecified atom stereocenters. The SMILES string of the molecule is C=C(Nc1cnn(C2CCN(C)CC2)c1)c1cnc(C)c(/C(=C\C)c2ccc3c(c2)CCCC3)c1. The fraction of sp³-hybridized carbons (Fsp3) is 0.400. The lowest BCUT2D eigenvalue weighted by Gasteiger charge is -2.28. The Labute approximate surface area is 209 Å². The van der Waals surface area contributed by atoms with Crippen molar-refractivity contribution in [1.29, 1.82) is 0 Å². The van der Waals surface area contributed by atoms with E-state index in [1.54, 1.807) is 0 Å². The lowest BCUT2D eigenvalue weighted by molar-refractivity contribution is 0.212. The van der Waals surface area contributed by atoms with Gasteiger partial charge in [-0.05, 0) is 101 Å². The number of likely N-dealkylation sites (tertiary alicyclic amines) is 1. The summed E-state index contributed by atoms with van der Waals surface area (Å²) >= 11 is 0. The van der Waals surface area contributed by atoms with E-state index in [0.29, 0.717) is 6.04 Å². The number of rotatable bonds is 6. The molecule has 1 fully saturated rings. The van der Waals surface area contributed by atoms with Gasteiger partial charge in [0.25, 0.3) is 0 Å². The lowest BCUT2D eigenvalue weighted by Crippen LogP contribution is -2.31. The summed E-state index contributed by atoms with van der Waals surface area (Å²) in [5.74, 6) is 0. The minimum atomic E-state index is 0.469. The Morgan fingerprint density at radius 3 is 2.60 bits per heavy atom. The molecule has 0 bridgehead atoms. The first-order chi connectivity index (χ1) is 17.0. The van der Waals surface area contributed by atoms with Crippen molar-refractivity contribution in [2.75, 3.05) is 25.5 Å². The number of aryl methyl sites for hydroxylation is 3. The predicted molar refractivity (Wildman–Crippen MR) is 145 cm³/mol. The zero-order valence-electron chi connectivity index (χ0n) is 21.3. The van der Waals surface area contributed by atoms with E-state index in [1.165, 1.54) is 47.9 Å². The Bertz CT molecular complexity index is 1240. The smallest absolute Gasteiger partial charge is 0.0770 e. The Morgan fingerprint density at radius 1 is 1.06 bits per heavy atom. The van der Waals surface area contributed by atoms with Crippen molar-refractivity contribution in [1.82, 2.24) is 19.7 Å². The zero-order chi connectivity index (χ0) is 24.4. The third-order valence-electron chi connectivity index (χ3n) is 7.63. The molecule has 0 saturated carbocycles. The topological polar surface area (TPSA) is 46.0 Å². The second-order valence-corrected chi connectivity index (χ2v) is 10.1. The molecular formula is C30H37N5. The molecule has 1 N–H and O–H groups in total. The maximum absolute atomic E-state index is 4.74. The minimum Gasteiger partial charge on any atom is -0.353 e. The van der Waals surface area contributed by atoms with E-state index in [9.17, 15) is 0 Å². The van der Waals surface area contributed by atoms with Crippen LogP contribution in [0.2, 0.25) is 0 Å². The van der Waals surface area contributed by atoms with E-state index in [4.69, 9.17) is 4.98 Å². The number of hydrogen-bond acceptors (Lipinski definition) is 4. The number of fused-ring (bicyclic) bond motifs is 1. The highest BCUT2D eigenvalue weighted by molar-refractivity contribution is 5.84. The highest BCUT2D eigenvalue weighted by atomic mass is 15.3. The summed E-state index contributed by atoms with van der Waals surface area (Å²) in [6.07, 6.45) is 15.4. The average molecular weight is 468 g/mol. The fourth-order valence-electron chi connectivity index (χ4n) is 5.46. The van der Waals surface area contributed by atoms with E-state index < -0.39 is 0 Å². The van der Waals surface area contributed by atoms with Crippen molar-refractivity contribution in [2.45, 2.75) is 58.4 Å². The first-order valence-electron chi connectivity index (χ1n) is 13.0. The van der Waals surface area contributed by atoms with Gasteiger partial charge in [0.15, 0.2) is 0 Å². The van der Waals surface area contributed by atoms with Crippen LogP contribution in [0.3, 0.4) is 0 Å². The second kappa shape index (κ2) is 10.2. The van der Waals surface area contributed by atoms with Gasteiger partial charge in [-0.15, -0.1) is 0 Å². The van der Waals surface area contributed by atoms with E-state index in [1.807, 2.05) is 12.4 Å². The fourth-order valence-corrected chi connectivity index (χ4v) is 5.46. The highest BCUT2D eigenvalue weighted by Crippen LogP contribution is 2.31. The van der Waals surface area contributed by atoms with Gasteiger partial charge in [0.2, 0.25) is 0 Å². The van der Waals surface area contributed by atoms with Crippen LogP contribution in [-0.4, -0.2) is 39.8 Å². The molecule has 2 aromatic heterocycles. The van der Waals surface area contributed by atoms with Crippen LogP contribution in [0.1, 0.15) is 72.2 Å². The van der Waals surface area contributed by atoms with Crippen LogP contribution >= 0.6 is 0 Å². The van der Waals surface area contributed by atoms with E-state index >= 15 is 0 Å². The largest absolute Gasteiger partial charge is 0.353 e. The molecule has 5 rings (SSSR count). The van der Waals surface area contributed by atoms with Crippen molar-refractivity contribution in [3.63, 3.8) is 0 Å². The molecule has 5 heteroatoms. The molecule has 5 nitrogen and oxygen atoms in total. The van der Waals surface area contributed by atoms with Crippen molar-refractivity contribution >= 4 is 17.0 Å². The van der Waals surface area contributed by atoms with E-state index in [-0.39, 0.29) is 0 Å². The Morgan fingerprint density at radius 2 is 1.83 bits per heavy atom. The summed E-state index contributed by atoms with van der Waals surface area (Å²) in [5, 5.41) is 8.09. The van der Waals surface area contributed by atoms with Crippen LogP contribution in [0.25, 0.3) is 11.3 Å². The molecule has 35 heavy (non-hydrogen) atoms. The Balaban J connectivity index is 1.35. The maximum Gasteiger partial charge on any atom is 0.0770 e. The van der Waals surface area contributed by atoms with Gasteiger partial charge < -0.3 is 10.2 Å². The minimum absolute atomic E-state index is 0.469. The number of pyridine rings is 1. The summed E-state index contributed by atoms with van der Waals surface area (Å²) in [4.78, 5) is 7.12. The van der Waals surface area contributed by atoms with Crippen molar-refractivity contribution in [2.24, 2.45) is 0 Å². The van der Waals surface area contributed by atoms with Gasteiger partial charge in [0.1, 0.15) is 0 Å².